The predicted octanol–water partition coefficient (Wildman–Crippen LogP) is 1.59. The Morgan fingerprint density at radius 3 is 2.79 bits per heavy atom. The number of fused-ring (bicyclic) bond motifs is 3. The Bertz CT molecular complexity index is 1130. The summed E-state index contributed by atoms with van der Waals surface area (Å²) in [6.45, 7) is 0. The molecule has 120 valence electrons. The first kappa shape index (κ1) is 14.7. The molecule has 0 atom stereocenters. The molecule has 4 rings (SSSR count). The summed E-state index contributed by atoms with van der Waals surface area (Å²) in [5.41, 5.74) is -0.365. The van der Waals surface area contributed by atoms with E-state index in [0.29, 0.717) is 10.9 Å². The van der Waals surface area contributed by atoms with E-state index >= 15 is 0 Å². The number of para-hydroxylation sites is 1. The molecule has 3 aromatic rings. The Hall–Kier alpha value is -2.85. The van der Waals surface area contributed by atoms with Gasteiger partial charge in [0.1, 0.15) is 10.6 Å². The fourth-order valence-corrected chi connectivity index (χ4v) is 4.33. The highest BCUT2D eigenvalue weighted by Gasteiger charge is 2.38. The summed E-state index contributed by atoms with van der Waals surface area (Å²) in [6.07, 6.45) is 1.47. The van der Waals surface area contributed by atoms with Gasteiger partial charge in [-0.15, -0.1) is 15.7 Å². The zero-order chi connectivity index (χ0) is 16.9. The van der Waals surface area contributed by atoms with E-state index in [-0.39, 0.29) is 15.7 Å². The fraction of sp³-hybridized carbons (Fsp3) is 0. The van der Waals surface area contributed by atoms with Gasteiger partial charge in [-0.3, -0.25) is 14.9 Å². The quantitative estimate of drug-likeness (QED) is 0.719. The van der Waals surface area contributed by atoms with Crippen molar-refractivity contribution in [3.05, 3.63) is 41.5 Å². The second kappa shape index (κ2) is 5.08. The standard InChI is InChI=1S/C14H8N4O4S2/c19-11-9-12(7-3-1-2-4-8(7)16-9)24(21,22)18-10(11)13(20)17-14-15-5-6-23-14/h1-6,16H,(H,15,17,20). The summed E-state index contributed by atoms with van der Waals surface area (Å²) in [6, 6.07) is 6.58. The van der Waals surface area contributed by atoms with Crippen molar-refractivity contribution in [2.24, 2.45) is 4.40 Å². The van der Waals surface area contributed by atoms with Crippen LogP contribution in [0.15, 0.2) is 45.1 Å². The van der Waals surface area contributed by atoms with E-state index in [4.69, 9.17) is 0 Å². The van der Waals surface area contributed by atoms with Gasteiger partial charge in [-0.05, 0) is 6.07 Å². The van der Waals surface area contributed by atoms with Gasteiger partial charge in [0.25, 0.3) is 15.9 Å². The number of anilines is 1. The van der Waals surface area contributed by atoms with Crippen LogP contribution in [0.25, 0.3) is 10.9 Å². The molecule has 0 fully saturated rings. The highest BCUT2D eigenvalue weighted by atomic mass is 32.2. The molecule has 1 aliphatic rings. The van der Waals surface area contributed by atoms with Gasteiger partial charge in [-0.25, -0.2) is 4.98 Å². The lowest BCUT2D eigenvalue weighted by Gasteiger charge is -2.11. The first-order valence-corrected chi connectivity index (χ1v) is 9.00. The Labute approximate surface area is 139 Å². The molecule has 0 radical (unpaired) electrons. The maximum Gasteiger partial charge on any atom is 0.286 e. The predicted molar refractivity (Wildman–Crippen MR) is 88.0 cm³/mol. The summed E-state index contributed by atoms with van der Waals surface area (Å²) >= 11 is 1.14. The normalized spacial score (nSPS) is 15.8. The van der Waals surface area contributed by atoms with Crippen molar-refractivity contribution in [3.63, 3.8) is 0 Å². The molecule has 2 N–H and O–H groups in total. The van der Waals surface area contributed by atoms with Crippen LogP contribution in [0.4, 0.5) is 5.13 Å². The Morgan fingerprint density at radius 2 is 2.04 bits per heavy atom. The van der Waals surface area contributed by atoms with E-state index in [1.165, 1.54) is 6.20 Å². The first-order chi connectivity index (χ1) is 11.5. The molecule has 1 amide bonds. The third-order valence-corrected chi connectivity index (χ3v) is 5.49. The molecule has 8 nitrogen and oxygen atoms in total. The SMILES string of the molecule is O=C(Nc1nccs1)C1=NS(=O)(=O)c2c([nH]c3ccccc23)C1=O. The Kier molecular flexibility index (Phi) is 3.11. The van der Waals surface area contributed by atoms with E-state index in [1.54, 1.807) is 29.6 Å². The molecule has 0 aliphatic carbocycles. The molecule has 2 aromatic heterocycles. The summed E-state index contributed by atoms with van der Waals surface area (Å²) in [5.74, 6) is -1.69. The number of carbonyl (C=O) groups is 2. The number of carbonyl (C=O) groups excluding carboxylic acids is 2. The van der Waals surface area contributed by atoms with Crippen molar-refractivity contribution < 1.29 is 18.0 Å². The largest absolute Gasteiger partial charge is 0.351 e. The highest BCUT2D eigenvalue weighted by Crippen LogP contribution is 2.32. The lowest BCUT2D eigenvalue weighted by atomic mass is 10.1. The van der Waals surface area contributed by atoms with Crippen molar-refractivity contribution in [1.82, 2.24) is 9.97 Å². The van der Waals surface area contributed by atoms with Crippen molar-refractivity contribution in [1.29, 1.82) is 0 Å². The number of ketones is 1. The third kappa shape index (κ3) is 2.15. The van der Waals surface area contributed by atoms with Crippen molar-refractivity contribution in [3.8, 4) is 0 Å². The van der Waals surface area contributed by atoms with Gasteiger partial charge in [0, 0.05) is 22.5 Å². The number of H-pyrrole nitrogens is 1. The molecule has 10 heteroatoms. The summed E-state index contributed by atoms with van der Waals surface area (Å²) in [5, 5.41) is 4.60. The number of amides is 1. The van der Waals surface area contributed by atoms with Gasteiger partial charge >= 0.3 is 0 Å². The number of sulfonamides is 1. The van der Waals surface area contributed by atoms with Gasteiger partial charge in [0.05, 0.1) is 0 Å². The first-order valence-electron chi connectivity index (χ1n) is 6.68. The summed E-state index contributed by atoms with van der Waals surface area (Å²) < 4.78 is 28.3. The fourth-order valence-electron chi connectivity index (χ4n) is 2.46. The van der Waals surface area contributed by atoms with Gasteiger partial charge in [-0.1, -0.05) is 18.2 Å². The van der Waals surface area contributed by atoms with Crippen LogP contribution in [0.5, 0.6) is 0 Å². The van der Waals surface area contributed by atoms with Crippen molar-refractivity contribution in [2.45, 2.75) is 4.90 Å². The minimum atomic E-state index is -4.17. The van der Waals surface area contributed by atoms with Crippen LogP contribution in [0, 0.1) is 0 Å². The van der Waals surface area contributed by atoms with Crippen LogP contribution in [-0.4, -0.2) is 35.8 Å². The monoisotopic (exact) mass is 360 g/mol. The van der Waals surface area contributed by atoms with Crippen molar-refractivity contribution in [2.75, 3.05) is 5.32 Å². The molecule has 3 heterocycles. The lowest BCUT2D eigenvalue weighted by molar-refractivity contribution is -0.110. The number of Topliss-reactive ketones (excluding diaryl/α,β-unsaturated/α-hetero) is 1. The summed E-state index contributed by atoms with van der Waals surface area (Å²) in [4.78, 5) is 31.2. The Balaban J connectivity index is 1.84. The van der Waals surface area contributed by atoms with Crippen molar-refractivity contribution >= 4 is 54.8 Å². The molecule has 0 bridgehead atoms. The topological polar surface area (TPSA) is 121 Å². The van der Waals surface area contributed by atoms with Gasteiger partial charge < -0.3 is 4.98 Å². The van der Waals surface area contributed by atoms with Crippen LogP contribution < -0.4 is 5.32 Å². The zero-order valence-electron chi connectivity index (χ0n) is 11.8. The third-order valence-electron chi connectivity index (χ3n) is 3.44. The number of nitrogens with one attached hydrogen (secondary N) is 2. The minimum Gasteiger partial charge on any atom is -0.351 e. The van der Waals surface area contributed by atoms with Crippen LogP contribution in [0.2, 0.25) is 0 Å². The molecule has 24 heavy (non-hydrogen) atoms. The van der Waals surface area contributed by atoms with E-state index in [2.05, 4.69) is 19.7 Å². The van der Waals surface area contributed by atoms with Crippen LogP contribution in [-0.2, 0) is 14.8 Å². The second-order valence-corrected chi connectivity index (χ2v) is 7.35. The average molecular weight is 360 g/mol. The molecule has 0 saturated carbocycles. The number of benzene rings is 1. The van der Waals surface area contributed by atoms with E-state index in [9.17, 15) is 18.0 Å². The van der Waals surface area contributed by atoms with Gasteiger partial charge in [0.2, 0.25) is 5.78 Å². The minimum absolute atomic E-state index is 0.157. The highest BCUT2D eigenvalue weighted by molar-refractivity contribution is 7.91. The molecule has 0 spiro atoms. The maximum atomic E-state index is 12.5. The van der Waals surface area contributed by atoms with Crippen LogP contribution in [0.1, 0.15) is 10.5 Å². The molecule has 1 aromatic carbocycles. The van der Waals surface area contributed by atoms with E-state index in [0.717, 1.165) is 11.3 Å². The number of aromatic nitrogens is 2. The lowest BCUT2D eigenvalue weighted by Crippen LogP contribution is -2.34. The molecule has 0 saturated heterocycles. The number of nitrogens with zero attached hydrogens (tertiary/aromatic N) is 2. The number of hydrogen-bond acceptors (Lipinski definition) is 6. The Morgan fingerprint density at radius 1 is 1.25 bits per heavy atom. The van der Waals surface area contributed by atoms with Gasteiger partial charge in [-0.2, -0.15) is 8.42 Å². The summed E-state index contributed by atoms with van der Waals surface area (Å²) in [7, 11) is -4.17. The van der Waals surface area contributed by atoms with Gasteiger partial charge in [0.15, 0.2) is 10.8 Å². The maximum absolute atomic E-state index is 12.5. The molecule has 1 aliphatic heterocycles. The average Bonchev–Trinajstić information content (AvgIpc) is 3.18. The second-order valence-electron chi connectivity index (χ2n) is 4.91. The van der Waals surface area contributed by atoms with Crippen LogP contribution >= 0.6 is 11.3 Å². The number of aromatic amines is 1. The zero-order valence-corrected chi connectivity index (χ0v) is 13.4. The van der Waals surface area contributed by atoms with Crippen LogP contribution in [0.3, 0.4) is 0 Å². The molecular weight excluding hydrogens is 352 g/mol. The molecule has 0 unspecified atom stereocenters. The number of rotatable bonds is 2. The smallest absolute Gasteiger partial charge is 0.286 e. The van der Waals surface area contributed by atoms with E-state index in [1.807, 2.05) is 0 Å². The number of hydrogen-bond donors (Lipinski definition) is 2. The van der Waals surface area contributed by atoms with E-state index < -0.39 is 27.4 Å². The molecular formula is C14H8N4O4S2. The number of thiazole rings is 1.